The van der Waals surface area contributed by atoms with Gasteiger partial charge < -0.3 is 9.47 Å². The Balaban J connectivity index is 1.41. The molecule has 4 rings (SSSR count). The van der Waals surface area contributed by atoms with Crippen LogP contribution in [0.5, 0.6) is 11.5 Å². The number of aryl methyl sites for hydroxylation is 2. The van der Waals surface area contributed by atoms with Gasteiger partial charge >= 0.3 is 0 Å². The predicted octanol–water partition coefficient (Wildman–Crippen LogP) is 2.64. The lowest BCUT2D eigenvalue weighted by Gasteiger charge is -2.34. The summed E-state index contributed by atoms with van der Waals surface area (Å²) in [6.45, 7) is 8.16. The van der Waals surface area contributed by atoms with E-state index in [1.807, 2.05) is 31.4 Å². The fraction of sp³-hybridized carbons (Fsp3) is 0.474. The standard InChI is InChI=1S/C19H24N2O4S2/c1-14-13-26-15(2)19(14)27(22,23)21-7-5-20(6-8-21)12-16-3-4-17-18(11-16)25-10-9-24-17/h3-4,11,13H,5-10,12H2,1-2H3. The van der Waals surface area contributed by atoms with E-state index >= 15 is 0 Å². The minimum atomic E-state index is -3.41. The monoisotopic (exact) mass is 408 g/mol. The molecule has 0 amide bonds. The van der Waals surface area contributed by atoms with Gasteiger partial charge in [-0.2, -0.15) is 4.31 Å². The van der Waals surface area contributed by atoms with E-state index in [0.29, 0.717) is 31.2 Å². The average molecular weight is 409 g/mol. The summed E-state index contributed by atoms with van der Waals surface area (Å²) in [4.78, 5) is 3.64. The average Bonchev–Trinajstić information content (AvgIpc) is 3.01. The van der Waals surface area contributed by atoms with Crippen molar-refractivity contribution in [2.45, 2.75) is 25.3 Å². The summed E-state index contributed by atoms with van der Waals surface area (Å²) in [5.74, 6) is 1.59. The second-order valence-corrected chi connectivity index (χ2v) is 9.92. The second kappa shape index (κ2) is 7.43. The lowest BCUT2D eigenvalue weighted by atomic mass is 10.1. The van der Waals surface area contributed by atoms with E-state index in [9.17, 15) is 8.42 Å². The SMILES string of the molecule is Cc1csc(C)c1S(=O)(=O)N1CCN(Cc2ccc3c(c2)OCCO3)CC1. The molecule has 0 radical (unpaired) electrons. The highest BCUT2D eigenvalue weighted by Gasteiger charge is 2.31. The van der Waals surface area contributed by atoms with Crippen LogP contribution >= 0.6 is 11.3 Å². The molecule has 3 heterocycles. The Hall–Kier alpha value is -1.61. The summed E-state index contributed by atoms with van der Waals surface area (Å²) in [6, 6.07) is 6.02. The van der Waals surface area contributed by atoms with Crippen molar-refractivity contribution >= 4 is 21.4 Å². The van der Waals surface area contributed by atoms with Crippen LogP contribution in [0.3, 0.4) is 0 Å². The lowest BCUT2D eigenvalue weighted by Crippen LogP contribution is -2.48. The summed E-state index contributed by atoms with van der Waals surface area (Å²) < 4.78 is 38.8. The summed E-state index contributed by atoms with van der Waals surface area (Å²) in [5, 5.41) is 1.92. The highest BCUT2D eigenvalue weighted by Crippen LogP contribution is 2.32. The molecule has 2 aromatic rings. The fourth-order valence-corrected chi connectivity index (χ4v) is 6.65. The van der Waals surface area contributed by atoms with E-state index in [1.54, 1.807) is 4.31 Å². The van der Waals surface area contributed by atoms with Crippen LogP contribution in [0.2, 0.25) is 0 Å². The van der Waals surface area contributed by atoms with Crippen molar-refractivity contribution in [3.05, 3.63) is 39.6 Å². The van der Waals surface area contributed by atoms with Gasteiger partial charge in [0.2, 0.25) is 10.0 Å². The summed E-state index contributed by atoms with van der Waals surface area (Å²) in [6.07, 6.45) is 0. The minimum absolute atomic E-state index is 0.493. The molecular formula is C19H24N2O4S2. The normalized spacial score (nSPS) is 18.6. The molecular weight excluding hydrogens is 384 g/mol. The van der Waals surface area contributed by atoms with Crippen LogP contribution in [-0.4, -0.2) is 57.0 Å². The number of benzene rings is 1. The number of fused-ring (bicyclic) bond motifs is 1. The first-order valence-electron chi connectivity index (χ1n) is 9.11. The van der Waals surface area contributed by atoms with Crippen molar-refractivity contribution in [3.8, 4) is 11.5 Å². The Morgan fingerprint density at radius 3 is 2.41 bits per heavy atom. The van der Waals surface area contributed by atoms with E-state index in [0.717, 1.165) is 47.1 Å². The summed E-state index contributed by atoms with van der Waals surface area (Å²) >= 11 is 1.50. The zero-order chi connectivity index (χ0) is 19.0. The molecule has 2 aliphatic heterocycles. The van der Waals surface area contributed by atoms with Crippen LogP contribution in [0.4, 0.5) is 0 Å². The third-order valence-corrected chi connectivity index (χ3v) is 8.38. The fourth-order valence-electron chi connectivity index (χ4n) is 3.65. The van der Waals surface area contributed by atoms with Gasteiger partial charge in [0.25, 0.3) is 0 Å². The number of rotatable bonds is 4. The van der Waals surface area contributed by atoms with Gasteiger partial charge in [-0.15, -0.1) is 11.3 Å². The van der Waals surface area contributed by atoms with Crippen molar-refractivity contribution < 1.29 is 17.9 Å². The number of nitrogens with zero attached hydrogens (tertiary/aromatic N) is 2. The van der Waals surface area contributed by atoms with E-state index < -0.39 is 10.0 Å². The van der Waals surface area contributed by atoms with Crippen LogP contribution in [0, 0.1) is 13.8 Å². The molecule has 0 aliphatic carbocycles. The molecule has 1 aromatic carbocycles. The van der Waals surface area contributed by atoms with Crippen LogP contribution in [0.1, 0.15) is 16.0 Å². The molecule has 0 N–H and O–H groups in total. The number of sulfonamides is 1. The number of ether oxygens (including phenoxy) is 2. The molecule has 0 unspecified atom stereocenters. The summed E-state index contributed by atoms with van der Waals surface area (Å²) in [7, 11) is -3.41. The zero-order valence-corrected chi connectivity index (χ0v) is 17.2. The van der Waals surface area contributed by atoms with Gasteiger partial charge in [0.05, 0.1) is 4.90 Å². The van der Waals surface area contributed by atoms with Gasteiger partial charge in [0, 0.05) is 37.6 Å². The molecule has 2 aliphatic rings. The Labute approximate surface area is 164 Å². The van der Waals surface area contributed by atoms with E-state index in [4.69, 9.17) is 9.47 Å². The number of thiophene rings is 1. The smallest absolute Gasteiger partial charge is 0.244 e. The maximum atomic E-state index is 13.0. The quantitative estimate of drug-likeness (QED) is 0.778. The van der Waals surface area contributed by atoms with Crippen LogP contribution in [0.25, 0.3) is 0 Å². The Morgan fingerprint density at radius 1 is 1.04 bits per heavy atom. The molecule has 146 valence electrons. The van der Waals surface area contributed by atoms with E-state index in [-0.39, 0.29) is 0 Å². The van der Waals surface area contributed by atoms with Gasteiger partial charge in [-0.25, -0.2) is 8.42 Å². The third-order valence-electron chi connectivity index (χ3n) is 5.03. The highest BCUT2D eigenvalue weighted by molar-refractivity contribution is 7.89. The van der Waals surface area contributed by atoms with Crippen molar-refractivity contribution in [2.24, 2.45) is 0 Å². The molecule has 0 spiro atoms. The lowest BCUT2D eigenvalue weighted by molar-refractivity contribution is 0.169. The minimum Gasteiger partial charge on any atom is -0.486 e. The molecule has 27 heavy (non-hydrogen) atoms. The van der Waals surface area contributed by atoms with Crippen molar-refractivity contribution in [1.29, 1.82) is 0 Å². The molecule has 0 bridgehead atoms. The van der Waals surface area contributed by atoms with Gasteiger partial charge in [-0.05, 0) is 42.5 Å². The number of piperazine rings is 1. The van der Waals surface area contributed by atoms with Crippen LogP contribution < -0.4 is 9.47 Å². The molecule has 0 saturated carbocycles. The topological polar surface area (TPSA) is 59.1 Å². The Bertz CT molecular complexity index is 912. The predicted molar refractivity (Wildman–Crippen MR) is 105 cm³/mol. The first-order chi connectivity index (χ1) is 12.9. The highest BCUT2D eigenvalue weighted by atomic mass is 32.2. The number of hydrogen-bond acceptors (Lipinski definition) is 6. The van der Waals surface area contributed by atoms with Crippen molar-refractivity contribution in [2.75, 3.05) is 39.4 Å². The van der Waals surface area contributed by atoms with Crippen LogP contribution in [-0.2, 0) is 16.6 Å². The second-order valence-electron chi connectivity index (χ2n) is 6.96. The van der Waals surface area contributed by atoms with E-state index in [2.05, 4.69) is 11.0 Å². The third kappa shape index (κ3) is 3.71. The largest absolute Gasteiger partial charge is 0.486 e. The zero-order valence-electron chi connectivity index (χ0n) is 15.6. The molecule has 1 fully saturated rings. The Kier molecular flexibility index (Phi) is 5.15. The molecule has 0 atom stereocenters. The van der Waals surface area contributed by atoms with Gasteiger partial charge in [0.1, 0.15) is 13.2 Å². The van der Waals surface area contributed by atoms with Crippen molar-refractivity contribution in [3.63, 3.8) is 0 Å². The summed E-state index contributed by atoms with van der Waals surface area (Å²) in [5.41, 5.74) is 2.00. The molecule has 8 heteroatoms. The van der Waals surface area contributed by atoms with Crippen molar-refractivity contribution in [1.82, 2.24) is 9.21 Å². The molecule has 6 nitrogen and oxygen atoms in total. The first-order valence-corrected chi connectivity index (χ1v) is 11.4. The number of hydrogen-bond donors (Lipinski definition) is 0. The molecule has 1 saturated heterocycles. The van der Waals surface area contributed by atoms with Gasteiger partial charge in [-0.1, -0.05) is 6.07 Å². The van der Waals surface area contributed by atoms with Crippen LogP contribution in [0.15, 0.2) is 28.5 Å². The van der Waals surface area contributed by atoms with Gasteiger partial charge in [-0.3, -0.25) is 4.90 Å². The van der Waals surface area contributed by atoms with Gasteiger partial charge in [0.15, 0.2) is 11.5 Å². The maximum absolute atomic E-state index is 13.0. The maximum Gasteiger partial charge on any atom is 0.244 e. The Morgan fingerprint density at radius 2 is 1.74 bits per heavy atom. The van der Waals surface area contributed by atoms with E-state index in [1.165, 1.54) is 11.3 Å². The molecule has 1 aromatic heterocycles. The first kappa shape index (κ1) is 18.7.